The van der Waals surface area contributed by atoms with Crippen LogP contribution in [0.25, 0.3) is 0 Å². The van der Waals surface area contributed by atoms with Crippen LogP contribution >= 0.6 is 0 Å². The van der Waals surface area contributed by atoms with Crippen LogP contribution in [0.15, 0.2) is 122 Å². The molecule has 0 bridgehead atoms. The van der Waals surface area contributed by atoms with E-state index >= 15 is 0 Å². The van der Waals surface area contributed by atoms with Gasteiger partial charge in [-0.15, -0.1) is 0 Å². The monoisotopic (exact) mass is 970 g/mol. The van der Waals surface area contributed by atoms with Gasteiger partial charge in [-0.25, -0.2) is 0 Å². The highest BCUT2D eigenvalue weighted by Gasteiger charge is 2.23. The predicted octanol–water partition coefficient (Wildman–Crippen LogP) is 18.0. The minimum absolute atomic E-state index is 0.0673. The van der Waals surface area contributed by atoms with E-state index in [1.807, 2.05) is 6.08 Å². The molecule has 0 heterocycles. The average Bonchev–Trinajstić information content (AvgIpc) is 3.35. The third kappa shape index (κ3) is 50.6. The van der Waals surface area contributed by atoms with E-state index in [1.54, 1.807) is 6.08 Å². The van der Waals surface area contributed by atoms with Crippen LogP contribution in [-0.2, 0) is 14.3 Å². The van der Waals surface area contributed by atoms with Crippen LogP contribution in [0, 0.1) is 0 Å². The minimum atomic E-state index is -0.834. The molecule has 70 heavy (non-hydrogen) atoms. The summed E-state index contributed by atoms with van der Waals surface area (Å²) in [5, 5.41) is 23.8. The van der Waals surface area contributed by atoms with E-state index < -0.39 is 18.2 Å². The fourth-order valence-corrected chi connectivity index (χ4v) is 7.94. The van der Waals surface area contributed by atoms with Crippen molar-refractivity contribution in [2.45, 2.75) is 264 Å². The molecule has 398 valence electrons. The first kappa shape index (κ1) is 66.3. The Bertz CT molecular complexity index is 1460. The van der Waals surface area contributed by atoms with Gasteiger partial charge in [0.2, 0.25) is 5.91 Å². The number of nitrogens with one attached hydrogen (secondary N) is 1. The summed E-state index contributed by atoms with van der Waals surface area (Å²) in [7, 11) is 0. The standard InChI is InChI=1S/C64H107NO5/c1-4-7-10-13-16-19-22-25-28-30-31-33-36-39-42-45-48-51-54-57-64(69)70-60(55-52-49-46-43-40-37-35-32-29-26-23-20-17-14-11-8-5-2)58-63(68)65-61(59-66)62(67)56-53-50-47-44-41-38-34-27-24-21-18-15-12-9-6-3/h8,11,16-17,19-20,25-26,28-29,31,33,35,37,39,42-43,46,52,55,60-62,66-67H,4-7,9-10,12-15,18,21-24,27,30,32,34,36,38,40-41,44-45,47-51,53-54,56-59H2,1-3H3,(H,65,68)/b11-8-,19-16-,20-17-,28-25-,29-26-,33-31-,37-35-,42-39-,46-43-,55-52-. The second-order valence-electron chi connectivity index (χ2n) is 19.0. The average molecular weight is 971 g/mol. The van der Waals surface area contributed by atoms with Crippen LogP contribution in [-0.4, -0.2) is 46.9 Å². The van der Waals surface area contributed by atoms with Crippen molar-refractivity contribution in [1.29, 1.82) is 0 Å². The molecule has 0 spiro atoms. The molecule has 0 saturated heterocycles. The number of aliphatic hydroxyl groups is 2. The minimum Gasteiger partial charge on any atom is -0.458 e. The number of esters is 1. The maximum absolute atomic E-state index is 13.2. The van der Waals surface area contributed by atoms with Crippen LogP contribution in [0.3, 0.4) is 0 Å². The summed E-state index contributed by atoms with van der Waals surface area (Å²) < 4.78 is 5.83. The van der Waals surface area contributed by atoms with E-state index in [4.69, 9.17) is 4.74 Å². The van der Waals surface area contributed by atoms with Gasteiger partial charge < -0.3 is 20.3 Å². The lowest BCUT2D eigenvalue weighted by Crippen LogP contribution is -2.46. The summed E-state index contributed by atoms with van der Waals surface area (Å²) in [4.78, 5) is 26.2. The molecule has 0 aromatic carbocycles. The van der Waals surface area contributed by atoms with Crippen molar-refractivity contribution >= 4 is 11.9 Å². The number of allylic oxidation sites excluding steroid dienone is 19. The topological polar surface area (TPSA) is 95.9 Å². The lowest BCUT2D eigenvalue weighted by atomic mass is 10.0. The summed E-state index contributed by atoms with van der Waals surface area (Å²) in [6.07, 6.45) is 78.6. The van der Waals surface area contributed by atoms with Crippen molar-refractivity contribution in [1.82, 2.24) is 5.32 Å². The Morgan fingerprint density at radius 1 is 0.443 bits per heavy atom. The quantitative estimate of drug-likeness (QED) is 0.0321. The van der Waals surface area contributed by atoms with Gasteiger partial charge in [0.25, 0.3) is 0 Å². The Labute approximate surface area is 431 Å². The normalized spacial score (nSPS) is 14.1. The lowest BCUT2D eigenvalue weighted by Gasteiger charge is -2.23. The van der Waals surface area contributed by atoms with Crippen molar-refractivity contribution in [2.24, 2.45) is 0 Å². The molecule has 6 nitrogen and oxygen atoms in total. The Kier molecular flexibility index (Phi) is 53.2. The van der Waals surface area contributed by atoms with Gasteiger partial charge in [0.05, 0.1) is 25.2 Å². The van der Waals surface area contributed by atoms with Crippen LogP contribution in [0.5, 0.6) is 0 Å². The SMILES string of the molecule is CC/C=C\C/C=C\C/C=C\C/C=C\C/C=C\C/C=C\C(CC(=O)NC(CO)C(O)CCCCCCCCCCCCCCCCC)OC(=O)CCCCC/C=C\C/C=C\C/C=C\C/C=C\CCCCC. The van der Waals surface area contributed by atoms with Crippen molar-refractivity contribution in [3.8, 4) is 0 Å². The summed E-state index contributed by atoms with van der Waals surface area (Å²) in [6, 6.07) is -0.759. The Morgan fingerprint density at radius 2 is 0.800 bits per heavy atom. The second-order valence-corrected chi connectivity index (χ2v) is 19.0. The molecule has 0 fully saturated rings. The predicted molar refractivity (Wildman–Crippen MR) is 305 cm³/mol. The fourth-order valence-electron chi connectivity index (χ4n) is 7.94. The summed E-state index contributed by atoms with van der Waals surface area (Å²) in [5.41, 5.74) is 0. The molecule has 0 aliphatic rings. The maximum atomic E-state index is 13.2. The highest BCUT2D eigenvalue weighted by molar-refractivity contribution is 5.78. The van der Waals surface area contributed by atoms with E-state index in [1.165, 1.54) is 103 Å². The van der Waals surface area contributed by atoms with Crippen LogP contribution in [0.1, 0.15) is 245 Å². The summed E-state index contributed by atoms with van der Waals surface area (Å²) in [5.74, 6) is -0.673. The molecule has 3 N–H and O–H groups in total. The number of hydrogen-bond acceptors (Lipinski definition) is 5. The number of rotatable bonds is 50. The number of carbonyl (C=O) groups excluding carboxylic acids is 2. The van der Waals surface area contributed by atoms with Gasteiger partial charge in [-0.05, 0) is 102 Å². The zero-order valence-corrected chi connectivity index (χ0v) is 45.4. The third-order valence-corrected chi connectivity index (χ3v) is 12.3. The number of hydrogen-bond donors (Lipinski definition) is 3. The molecule has 0 radical (unpaired) electrons. The molecule has 0 saturated carbocycles. The highest BCUT2D eigenvalue weighted by Crippen LogP contribution is 2.16. The van der Waals surface area contributed by atoms with Gasteiger partial charge in [0, 0.05) is 6.42 Å². The number of amides is 1. The second kappa shape index (κ2) is 56.2. The van der Waals surface area contributed by atoms with E-state index in [0.29, 0.717) is 19.3 Å². The van der Waals surface area contributed by atoms with Crippen molar-refractivity contribution in [3.63, 3.8) is 0 Å². The first-order chi connectivity index (χ1) is 34.5. The first-order valence-electron chi connectivity index (χ1n) is 28.8. The van der Waals surface area contributed by atoms with Gasteiger partial charge in [-0.3, -0.25) is 9.59 Å². The van der Waals surface area contributed by atoms with Crippen molar-refractivity contribution in [2.75, 3.05) is 6.61 Å². The third-order valence-electron chi connectivity index (χ3n) is 12.3. The maximum Gasteiger partial charge on any atom is 0.306 e. The van der Waals surface area contributed by atoms with E-state index in [2.05, 4.69) is 135 Å². The molecule has 0 aliphatic heterocycles. The van der Waals surface area contributed by atoms with Crippen LogP contribution < -0.4 is 5.32 Å². The number of ether oxygens (including phenoxy) is 1. The first-order valence-corrected chi connectivity index (χ1v) is 28.8. The van der Waals surface area contributed by atoms with E-state index in [9.17, 15) is 19.8 Å². The zero-order valence-electron chi connectivity index (χ0n) is 45.4. The number of aliphatic hydroxyl groups excluding tert-OH is 2. The Morgan fingerprint density at radius 3 is 1.23 bits per heavy atom. The van der Waals surface area contributed by atoms with Gasteiger partial charge >= 0.3 is 5.97 Å². The van der Waals surface area contributed by atoms with Crippen molar-refractivity contribution in [3.05, 3.63) is 122 Å². The molecule has 6 heteroatoms. The molecule has 0 aliphatic carbocycles. The molecule has 3 unspecified atom stereocenters. The molecule has 0 aromatic rings. The van der Waals surface area contributed by atoms with Gasteiger partial charge in [0.1, 0.15) is 6.10 Å². The lowest BCUT2D eigenvalue weighted by molar-refractivity contribution is -0.148. The molecule has 0 rings (SSSR count). The number of carbonyl (C=O) groups is 2. The smallest absolute Gasteiger partial charge is 0.306 e. The molecule has 3 atom stereocenters. The highest BCUT2D eigenvalue weighted by atomic mass is 16.5. The largest absolute Gasteiger partial charge is 0.458 e. The van der Waals surface area contributed by atoms with E-state index in [0.717, 1.165) is 96.3 Å². The van der Waals surface area contributed by atoms with Gasteiger partial charge in [0.15, 0.2) is 0 Å². The summed E-state index contributed by atoms with van der Waals surface area (Å²) in [6.45, 7) is 6.31. The van der Waals surface area contributed by atoms with Gasteiger partial charge in [-0.1, -0.05) is 252 Å². The Hall–Kier alpha value is -3.74. The molecular weight excluding hydrogens is 863 g/mol. The fraction of sp³-hybridized carbons (Fsp3) is 0.656. The zero-order chi connectivity index (χ0) is 50.9. The Balaban J connectivity index is 4.81. The summed E-state index contributed by atoms with van der Waals surface area (Å²) >= 11 is 0. The number of unbranched alkanes of at least 4 members (excludes halogenated alkanes) is 20. The van der Waals surface area contributed by atoms with Crippen LogP contribution in [0.2, 0.25) is 0 Å². The van der Waals surface area contributed by atoms with E-state index in [-0.39, 0.29) is 24.9 Å². The molecule has 1 amide bonds. The molecular formula is C64H107NO5. The van der Waals surface area contributed by atoms with Crippen molar-refractivity contribution < 1.29 is 24.5 Å². The molecule has 0 aromatic heterocycles. The van der Waals surface area contributed by atoms with Crippen LogP contribution in [0.4, 0.5) is 0 Å². The van der Waals surface area contributed by atoms with Gasteiger partial charge in [-0.2, -0.15) is 0 Å².